The Morgan fingerprint density at radius 2 is 1.83 bits per heavy atom. The Bertz CT molecular complexity index is 713. The van der Waals surface area contributed by atoms with Crippen molar-refractivity contribution in [1.29, 1.82) is 0 Å². The predicted molar refractivity (Wildman–Crippen MR) is 99.2 cm³/mol. The zero-order valence-electron chi connectivity index (χ0n) is 14.2. The summed E-state index contributed by atoms with van der Waals surface area (Å²) >= 11 is 3.55. The highest BCUT2D eigenvalue weighted by molar-refractivity contribution is 9.10. The monoisotopic (exact) mass is 392 g/mol. The van der Waals surface area contributed by atoms with E-state index in [2.05, 4.69) is 42.2 Å². The SMILES string of the molecule is CN1CCN([C@H]2CC[C@H](c3nc(Br)c4c(N)nccn43)CC2)CC1. The smallest absolute Gasteiger partial charge is 0.150 e. The standard InChI is InChI=1S/C17H25BrN6/c1-22-8-10-23(11-9-22)13-4-2-12(3-5-13)17-21-15(18)14-16(19)20-6-7-24(14)17/h6-7,12-13H,2-5,8-11H2,1H3,(H2,19,20)/t12-,13-. The van der Waals surface area contributed by atoms with E-state index in [0.717, 1.165) is 22.0 Å². The highest BCUT2D eigenvalue weighted by atomic mass is 79.9. The summed E-state index contributed by atoms with van der Waals surface area (Å²) < 4.78 is 2.93. The van der Waals surface area contributed by atoms with Crippen LogP contribution in [0.2, 0.25) is 0 Å². The van der Waals surface area contributed by atoms with Crippen molar-refractivity contribution in [2.24, 2.45) is 0 Å². The van der Waals surface area contributed by atoms with Crippen LogP contribution >= 0.6 is 15.9 Å². The third-order valence-electron chi connectivity index (χ3n) is 5.68. The zero-order valence-corrected chi connectivity index (χ0v) is 15.7. The van der Waals surface area contributed by atoms with E-state index in [-0.39, 0.29) is 0 Å². The molecule has 0 spiro atoms. The second-order valence-corrected chi connectivity index (χ2v) is 7.89. The van der Waals surface area contributed by atoms with Gasteiger partial charge in [0.25, 0.3) is 0 Å². The third kappa shape index (κ3) is 2.93. The first-order valence-corrected chi connectivity index (χ1v) is 9.63. The predicted octanol–water partition coefficient (Wildman–Crippen LogP) is 2.35. The number of nitrogens with zero attached hydrogens (tertiary/aromatic N) is 5. The summed E-state index contributed by atoms with van der Waals surface area (Å²) in [5.41, 5.74) is 6.92. The zero-order chi connectivity index (χ0) is 16.7. The van der Waals surface area contributed by atoms with Crippen LogP contribution in [-0.4, -0.2) is 63.4 Å². The molecule has 2 aromatic rings. The van der Waals surface area contributed by atoms with Crippen LogP contribution < -0.4 is 5.73 Å². The fourth-order valence-electron chi connectivity index (χ4n) is 4.22. The Morgan fingerprint density at radius 3 is 2.54 bits per heavy atom. The average Bonchev–Trinajstić information content (AvgIpc) is 2.94. The molecule has 1 aliphatic heterocycles. The van der Waals surface area contributed by atoms with Gasteiger partial charge in [0.1, 0.15) is 15.9 Å². The maximum atomic E-state index is 6.02. The van der Waals surface area contributed by atoms with E-state index in [1.165, 1.54) is 51.9 Å². The third-order valence-corrected chi connectivity index (χ3v) is 6.24. The van der Waals surface area contributed by atoms with Crippen molar-refractivity contribution in [1.82, 2.24) is 24.2 Å². The lowest BCUT2D eigenvalue weighted by atomic mass is 9.84. The minimum absolute atomic E-state index is 0.509. The maximum Gasteiger partial charge on any atom is 0.150 e. The summed E-state index contributed by atoms with van der Waals surface area (Å²) in [7, 11) is 2.22. The number of fused-ring (bicyclic) bond motifs is 1. The molecule has 0 aromatic carbocycles. The van der Waals surface area contributed by atoms with Crippen molar-refractivity contribution in [3.8, 4) is 0 Å². The number of nitrogens with two attached hydrogens (primary N) is 1. The molecule has 1 saturated carbocycles. The molecule has 130 valence electrons. The van der Waals surface area contributed by atoms with Crippen molar-refractivity contribution in [2.45, 2.75) is 37.6 Å². The molecule has 2 aliphatic rings. The van der Waals surface area contributed by atoms with Gasteiger partial charge in [0.2, 0.25) is 0 Å². The molecule has 3 heterocycles. The van der Waals surface area contributed by atoms with Gasteiger partial charge in [0.05, 0.1) is 0 Å². The number of nitrogen functional groups attached to an aromatic ring is 1. The lowest BCUT2D eigenvalue weighted by Crippen LogP contribution is -2.49. The molecule has 1 saturated heterocycles. The molecular weight excluding hydrogens is 368 g/mol. The molecule has 0 unspecified atom stereocenters. The van der Waals surface area contributed by atoms with Gasteiger partial charge in [-0.25, -0.2) is 9.97 Å². The van der Waals surface area contributed by atoms with E-state index in [1.54, 1.807) is 6.20 Å². The van der Waals surface area contributed by atoms with Gasteiger partial charge in [-0.1, -0.05) is 0 Å². The molecule has 1 aliphatic carbocycles. The number of hydrogen-bond donors (Lipinski definition) is 1. The number of hydrogen-bond acceptors (Lipinski definition) is 5. The van der Waals surface area contributed by atoms with Gasteiger partial charge < -0.3 is 10.6 Å². The van der Waals surface area contributed by atoms with Gasteiger partial charge >= 0.3 is 0 Å². The topological polar surface area (TPSA) is 62.7 Å². The molecule has 0 amide bonds. The second-order valence-electron chi connectivity index (χ2n) is 7.14. The molecule has 24 heavy (non-hydrogen) atoms. The molecule has 6 nitrogen and oxygen atoms in total. The van der Waals surface area contributed by atoms with Crippen LogP contribution in [0.25, 0.3) is 5.52 Å². The van der Waals surface area contributed by atoms with Crippen LogP contribution in [-0.2, 0) is 0 Å². The van der Waals surface area contributed by atoms with Crippen LogP contribution in [0.4, 0.5) is 5.82 Å². The summed E-state index contributed by atoms with van der Waals surface area (Å²) in [5.74, 6) is 2.17. The number of piperazine rings is 1. The molecule has 0 bridgehead atoms. The second kappa shape index (κ2) is 6.61. The Balaban J connectivity index is 1.47. The molecule has 4 rings (SSSR count). The molecular formula is C17H25BrN6. The maximum absolute atomic E-state index is 6.02. The first kappa shape index (κ1) is 16.3. The minimum atomic E-state index is 0.509. The van der Waals surface area contributed by atoms with Crippen molar-refractivity contribution in [3.05, 3.63) is 22.8 Å². The highest BCUT2D eigenvalue weighted by Crippen LogP contribution is 2.36. The van der Waals surface area contributed by atoms with Gasteiger partial charge in [0, 0.05) is 50.5 Å². The summed E-state index contributed by atoms with van der Waals surface area (Å²) in [6.07, 6.45) is 8.67. The lowest BCUT2D eigenvalue weighted by Gasteiger charge is -2.41. The fraction of sp³-hybridized carbons (Fsp3) is 0.647. The summed E-state index contributed by atoms with van der Waals surface area (Å²) in [4.78, 5) is 14.1. The van der Waals surface area contributed by atoms with Gasteiger partial charge in [-0.05, 0) is 48.7 Å². The first-order valence-electron chi connectivity index (χ1n) is 8.84. The van der Waals surface area contributed by atoms with E-state index in [9.17, 15) is 0 Å². The van der Waals surface area contributed by atoms with E-state index >= 15 is 0 Å². The van der Waals surface area contributed by atoms with Gasteiger partial charge in [-0.15, -0.1) is 0 Å². The molecule has 2 N–H and O–H groups in total. The van der Waals surface area contributed by atoms with Gasteiger partial charge in [0.15, 0.2) is 5.82 Å². The number of halogens is 1. The van der Waals surface area contributed by atoms with E-state index < -0.39 is 0 Å². The number of aromatic nitrogens is 3. The van der Waals surface area contributed by atoms with Crippen molar-refractivity contribution >= 4 is 27.3 Å². The highest BCUT2D eigenvalue weighted by Gasteiger charge is 2.30. The first-order chi connectivity index (χ1) is 11.6. The molecule has 0 atom stereocenters. The van der Waals surface area contributed by atoms with Crippen LogP contribution in [0.15, 0.2) is 17.0 Å². The van der Waals surface area contributed by atoms with E-state index in [0.29, 0.717) is 11.7 Å². The van der Waals surface area contributed by atoms with Gasteiger partial charge in [-0.2, -0.15) is 0 Å². The number of anilines is 1. The van der Waals surface area contributed by atoms with Crippen molar-refractivity contribution in [3.63, 3.8) is 0 Å². The van der Waals surface area contributed by atoms with E-state index in [4.69, 9.17) is 10.7 Å². The van der Waals surface area contributed by atoms with Crippen LogP contribution in [0.5, 0.6) is 0 Å². The summed E-state index contributed by atoms with van der Waals surface area (Å²) in [5, 5.41) is 0. The number of imidazole rings is 1. The quantitative estimate of drug-likeness (QED) is 0.849. The van der Waals surface area contributed by atoms with Crippen LogP contribution in [0.1, 0.15) is 37.4 Å². The molecule has 0 radical (unpaired) electrons. The molecule has 2 fully saturated rings. The molecule has 7 heteroatoms. The lowest BCUT2D eigenvalue weighted by molar-refractivity contribution is 0.0872. The Hall–Kier alpha value is -1.18. The van der Waals surface area contributed by atoms with Crippen molar-refractivity contribution < 1.29 is 0 Å². The van der Waals surface area contributed by atoms with Crippen LogP contribution in [0.3, 0.4) is 0 Å². The fourth-order valence-corrected chi connectivity index (χ4v) is 4.79. The number of rotatable bonds is 2. The Labute approximate surface area is 151 Å². The molecule has 2 aromatic heterocycles. The van der Waals surface area contributed by atoms with Gasteiger partial charge in [-0.3, -0.25) is 9.30 Å². The minimum Gasteiger partial charge on any atom is -0.382 e. The largest absolute Gasteiger partial charge is 0.382 e. The summed E-state index contributed by atoms with van der Waals surface area (Å²) in [6, 6.07) is 0.747. The van der Waals surface area contributed by atoms with Crippen molar-refractivity contribution in [2.75, 3.05) is 39.0 Å². The number of likely N-dealkylation sites (N-methyl/N-ethyl adjacent to an activating group) is 1. The Kier molecular flexibility index (Phi) is 4.49. The Morgan fingerprint density at radius 1 is 1.12 bits per heavy atom. The summed E-state index contributed by atoms with van der Waals surface area (Å²) in [6.45, 7) is 4.83. The normalized spacial score (nSPS) is 26.9. The van der Waals surface area contributed by atoms with Crippen LogP contribution in [0, 0.1) is 0 Å². The average molecular weight is 393 g/mol. The van der Waals surface area contributed by atoms with E-state index in [1.807, 2.05) is 6.20 Å².